The second-order valence-electron chi connectivity index (χ2n) is 3.35. The van der Waals surface area contributed by atoms with Crippen LogP contribution >= 0.6 is 0 Å². The first-order valence-electron chi connectivity index (χ1n) is 4.26. The lowest BCUT2D eigenvalue weighted by atomic mass is 9.82. The highest BCUT2D eigenvalue weighted by atomic mass is 19.1. The van der Waals surface area contributed by atoms with Crippen LogP contribution in [0.2, 0.25) is 0 Å². The summed E-state index contributed by atoms with van der Waals surface area (Å²) in [7, 11) is 0. The average molecular weight is 161 g/mol. The van der Waals surface area contributed by atoms with Gasteiger partial charge >= 0.3 is 0 Å². The van der Waals surface area contributed by atoms with Gasteiger partial charge in [-0.2, -0.15) is 0 Å². The molecule has 66 valence electrons. The summed E-state index contributed by atoms with van der Waals surface area (Å²) in [5.74, 6) is 0. The van der Waals surface area contributed by atoms with Gasteiger partial charge in [0, 0.05) is 6.54 Å². The number of rotatable bonds is 2. The maximum absolute atomic E-state index is 13.6. The van der Waals surface area contributed by atoms with Crippen LogP contribution in [0.15, 0.2) is 0 Å². The van der Waals surface area contributed by atoms with E-state index < -0.39 is 11.8 Å². The Kier molecular flexibility index (Phi) is 2.84. The van der Waals surface area contributed by atoms with Gasteiger partial charge in [0.15, 0.2) is 0 Å². The van der Waals surface area contributed by atoms with E-state index in [2.05, 4.69) is 0 Å². The summed E-state index contributed by atoms with van der Waals surface area (Å²) >= 11 is 0. The molecule has 0 saturated heterocycles. The second-order valence-corrected chi connectivity index (χ2v) is 3.35. The molecule has 0 spiro atoms. The van der Waals surface area contributed by atoms with E-state index in [1.807, 2.05) is 0 Å². The Morgan fingerprint density at radius 1 is 1.36 bits per heavy atom. The zero-order valence-electron chi connectivity index (χ0n) is 6.72. The van der Waals surface area contributed by atoms with E-state index in [0.29, 0.717) is 12.8 Å². The predicted octanol–water partition coefficient (Wildman–Crippen LogP) is 0.978. The molecule has 0 radical (unpaired) electrons. The maximum atomic E-state index is 13.6. The summed E-state index contributed by atoms with van der Waals surface area (Å²) in [5.41, 5.74) is 3.82. The van der Waals surface area contributed by atoms with Crippen molar-refractivity contribution >= 4 is 0 Å². The third-order valence-corrected chi connectivity index (χ3v) is 2.51. The van der Waals surface area contributed by atoms with Crippen LogP contribution in [0.4, 0.5) is 4.39 Å². The molecular formula is C8H16FNO. The molecule has 1 unspecified atom stereocenters. The summed E-state index contributed by atoms with van der Waals surface area (Å²) < 4.78 is 13.6. The predicted molar refractivity (Wildman–Crippen MR) is 42.0 cm³/mol. The third-order valence-electron chi connectivity index (χ3n) is 2.51. The third kappa shape index (κ3) is 1.91. The molecule has 3 N–H and O–H groups in total. The van der Waals surface area contributed by atoms with Gasteiger partial charge in [-0.3, -0.25) is 0 Å². The van der Waals surface area contributed by atoms with Gasteiger partial charge in [0.25, 0.3) is 0 Å². The minimum atomic E-state index is -1.38. The molecule has 0 amide bonds. The quantitative estimate of drug-likeness (QED) is 0.634. The number of alkyl halides is 1. The normalized spacial score (nSPS) is 26.5. The lowest BCUT2D eigenvalue weighted by molar-refractivity contribution is -0.0285. The van der Waals surface area contributed by atoms with Crippen LogP contribution in [0.1, 0.15) is 32.1 Å². The molecule has 0 aromatic heterocycles. The highest BCUT2D eigenvalue weighted by Crippen LogP contribution is 2.34. The Bertz CT molecular complexity index is 123. The number of aliphatic hydroxyl groups excluding tert-OH is 1. The number of hydrogen-bond donors (Lipinski definition) is 2. The summed E-state index contributed by atoms with van der Waals surface area (Å²) in [4.78, 5) is 0. The number of hydrogen-bond acceptors (Lipinski definition) is 2. The van der Waals surface area contributed by atoms with Crippen molar-refractivity contribution in [2.75, 3.05) is 6.54 Å². The smallest absolute Gasteiger partial charge is 0.138 e. The Morgan fingerprint density at radius 3 is 2.36 bits per heavy atom. The Hall–Kier alpha value is -0.150. The molecule has 0 bridgehead atoms. The largest absolute Gasteiger partial charge is 0.388 e. The van der Waals surface area contributed by atoms with Crippen LogP contribution in [0.3, 0.4) is 0 Å². The summed E-state index contributed by atoms with van der Waals surface area (Å²) in [6.07, 6.45) is 2.85. The highest BCUT2D eigenvalue weighted by Gasteiger charge is 2.38. The molecule has 0 aromatic carbocycles. The standard InChI is InChI=1S/C8H16FNO/c9-8(7(11)6-10)4-2-1-3-5-8/h7,11H,1-6,10H2. The van der Waals surface area contributed by atoms with E-state index in [1.165, 1.54) is 0 Å². The van der Waals surface area contributed by atoms with Crippen molar-refractivity contribution in [2.45, 2.75) is 43.9 Å². The lowest BCUT2D eigenvalue weighted by Crippen LogP contribution is -2.44. The van der Waals surface area contributed by atoms with Gasteiger partial charge in [-0.1, -0.05) is 19.3 Å². The SMILES string of the molecule is NCC(O)C1(F)CCCCC1. The van der Waals surface area contributed by atoms with Crippen LogP contribution < -0.4 is 5.73 Å². The molecular weight excluding hydrogens is 145 g/mol. The number of nitrogens with two attached hydrogens (primary N) is 1. The van der Waals surface area contributed by atoms with Gasteiger partial charge < -0.3 is 10.8 Å². The minimum absolute atomic E-state index is 0.0382. The van der Waals surface area contributed by atoms with Crippen molar-refractivity contribution in [1.82, 2.24) is 0 Å². The van der Waals surface area contributed by atoms with E-state index in [-0.39, 0.29) is 6.54 Å². The monoisotopic (exact) mass is 161 g/mol. The molecule has 1 fully saturated rings. The molecule has 3 heteroatoms. The average Bonchev–Trinajstić information content (AvgIpc) is 2.04. The van der Waals surface area contributed by atoms with Crippen molar-refractivity contribution in [3.05, 3.63) is 0 Å². The fourth-order valence-electron chi connectivity index (χ4n) is 1.68. The van der Waals surface area contributed by atoms with Crippen LogP contribution in [0.25, 0.3) is 0 Å². The number of halogens is 1. The summed E-state index contributed by atoms with van der Waals surface area (Å²) in [6, 6.07) is 0. The van der Waals surface area contributed by atoms with Crippen molar-refractivity contribution < 1.29 is 9.50 Å². The maximum Gasteiger partial charge on any atom is 0.138 e. The Morgan fingerprint density at radius 2 is 1.91 bits per heavy atom. The van der Waals surface area contributed by atoms with E-state index in [0.717, 1.165) is 19.3 Å². The van der Waals surface area contributed by atoms with E-state index in [1.54, 1.807) is 0 Å². The first kappa shape index (κ1) is 8.94. The Balaban J connectivity index is 2.49. The lowest BCUT2D eigenvalue weighted by Gasteiger charge is -2.33. The van der Waals surface area contributed by atoms with Crippen LogP contribution in [-0.2, 0) is 0 Å². The molecule has 2 nitrogen and oxygen atoms in total. The van der Waals surface area contributed by atoms with Crippen LogP contribution in [0.5, 0.6) is 0 Å². The topological polar surface area (TPSA) is 46.2 Å². The van der Waals surface area contributed by atoms with Crippen LogP contribution in [0, 0.1) is 0 Å². The van der Waals surface area contributed by atoms with Crippen LogP contribution in [-0.4, -0.2) is 23.4 Å². The van der Waals surface area contributed by atoms with Crippen molar-refractivity contribution in [2.24, 2.45) is 5.73 Å². The summed E-state index contributed by atoms with van der Waals surface area (Å²) in [6.45, 7) is 0.0382. The highest BCUT2D eigenvalue weighted by molar-refractivity contribution is 4.89. The molecule has 0 aliphatic heterocycles. The van der Waals surface area contributed by atoms with Crippen molar-refractivity contribution in [3.8, 4) is 0 Å². The van der Waals surface area contributed by atoms with Crippen molar-refractivity contribution in [3.63, 3.8) is 0 Å². The zero-order chi connectivity index (χ0) is 8.32. The molecule has 0 heterocycles. The van der Waals surface area contributed by atoms with Gasteiger partial charge in [-0.15, -0.1) is 0 Å². The fraction of sp³-hybridized carbons (Fsp3) is 1.00. The minimum Gasteiger partial charge on any atom is -0.388 e. The molecule has 0 aromatic rings. The molecule has 11 heavy (non-hydrogen) atoms. The zero-order valence-corrected chi connectivity index (χ0v) is 6.72. The van der Waals surface area contributed by atoms with E-state index in [4.69, 9.17) is 5.73 Å². The molecule has 1 rings (SSSR count). The fourth-order valence-corrected chi connectivity index (χ4v) is 1.68. The first-order chi connectivity index (χ1) is 5.19. The van der Waals surface area contributed by atoms with Gasteiger partial charge in [0.1, 0.15) is 11.8 Å². The molecule has 1 atom stereocenters. The van der Waals surface area contributed by atoms with Gasteiger partial charge in [0.05, 0.1) is 0 Å². The first-order valence-corrected chi connectivity index (χ1v) is 4.26. The molecule has 1 aliphatic rings. The van der Waals surface area contributed by atoms with Gasteiger partial charge in [0.2, 0.25) is 0 Å². The summed E-state index contributed by atoms with van der Waals surface area (Å²) in [5, 5.41) is 9.24. The molecule has 1 saturated carbocycles. The second kappa shape index (κ2) is 3.50. The molecule has 1 aliphatic carbocycles. The van der Waals surface area contributed by atoms with Crippen molar-refractivity contribution in [1.29, 1.82) is 0 Å². The van der Waals surface area contributed by atoms with E-state index in [9.17, 15) is 9.50 Å². The van der Waals surface area contributed by atoms with E-state index >= 15 is 0 Å². The van der Waals surface area contributed by atoms with Gasteiger partial charge in [-0.05, 0) is 12.8 Å². The Labute approximate surface area is 66.6 Å². The van der Waals surface area contributed by atoms with Gasteiger partial charge in [-0.25, -0.2) is 4.39 Å². The number of aliphatic hydroxyl groups is 1.